The van der Waals surface area contributed by atoms with Crippen LogP contribution < -0.4 is 5.32 Å². The summed E-state index contributed by atoms with van der Waals surface area (Å²) in [6.07, 6.45) is 4.44. The number of carbonyl (C=O) groups excluding carboxylic acids is 3. The number of carbonyl (C=O) groups is 3. The lowest BCUT2D eigenvalue weighted by Crippen LogP contribution is -2.59. The number of nitrogens with one attached hydrogen (secondary N) is 1. The highest BCUT2D eigenvalue weighted by atomic mass is 16.6. The van der Waals surface area contributed by atoms with E-state index in [1.54, 1.807) is 11.8 Å². The van der Waals surface area contributed by atoms with Crippen molar-refractivity contribution in [1.82, 2.24) is 10.2 Å². The van der Waals surface area contributed by atoms with E-state index in [-0.39, 0.29) is 30.9 Å². The molecule has 8 nitrogen and oxygen atoms in total. The van der Waals surface area contributed by atoms with Gasteiger partial charge in [-0.1, -0.05) is 40.0 Å². The molecule has 1 spiro atoms. The lowest BCUT2D eigenvalue weighted by molar-refractivity contribution is -0.155. The summed E-state index contributed by atoms with van der Waals surface area (Å²) in [4.78, 5) is 41.5. The summed E-state index contributed by atoms with van der Waals surface area (Å²) >= 11 is 0. The lowest BCUT2D eigenvalue weighted by Gasteiger charge is -2.38. The fourth-order valence-corrected chi connectivity index (χ4v) is 5.75. The molecule has 0 unspecified atom stereocenters. The maximum Gasteiger partial charge on any atom is 0.312 e. The summed E-state index contributed by atoms with van der Waals surface area (Å²) in [6, 6.07) is -1.35. The highest BCUT2D eigenvalue weighted by Gasteiger charge is 2.75. The lowest BCUT2D eigenvalue weighted by atomic mass is 9.70. The number of likely N-dealkylation sites (tertiary alicyclic amines) is 1. The predicted octanol–water partition coefficient (Wildman–Crippen LogP) is 1.64. The number of aliphatic hydroxyl groups is 1. The molecule has 2 bridgehead atoms. The van der Waals surface area contributed by atoms with Crippen molar-refractivity contribution in [1.29, 1.82) is 0 Å². The van der Waals surface area contributed by atoms with Gasteiger partial charge in [0.1, 0.15) is 11.6 Å². The Morgan fingerprint density at radius 2 is 2.06 bits per heavy atom. The van der Waals surface area contributed by atoms with E-state index in [1.165, 1.54) is 0 Å². The Hall–Kier alpha value is -1.67. The molecular formula is C23H38N2O6. The van der Waals surface area contributed by atoms with Crippen molar-refractivity contribution in [3.63, 3.8) is 0 Å². The maximum absolute atomic E-state index is 13.7. The van der Waals surface area contributed by atoms with Gasteiger partial charge in [-0.05, 0) is 32.1 Å². The zero-order valence-corrected chi connectivity index (χ0v) is 19.3. The molecule has 0 radical (unpaired) electrons. The van der Waals surface area contributed by atoms with Gasteiger partial charge in [-0.25, -0.2) is 0 Å². The molecule has 2 amide bonds. The highest BCUT2D eigenvalue weighted by Crippen LogP contribution is 2.59. The molecule has 3 rings (SSSR count). The molecule has 31 heavy (non-hydrogen) atoms. The molecule has 8 heteroatoms. The number of ether oxygens (including phenoxy) is 2. The number of nitrogens with zero attached hydrogens (tertiary/aromatic N) is 1. The number of esters is 1. The zero-order valence-electron chi connectivity index (χ0n) is 19.3. The average Bonchev–Trinajstić information content (AvgIpc) is 3.39. The van der Waals surface area contributed by atoms with Gasteiger partial charge in [0, 0.05) is 6.54 Å². The van der Waals surface area contributed by atoms with Crippen LogP contribution in [0.3, 0.4) is 0 Å². The minimum absolute atomic E-state index is 0.00203. The Balaban J connectivity index is 1.97. The molecule has 0 aromatic heterocycles. The fourth-order valence-electron chi connectivity index (χ4n) is 5.75. The van der Waals surface area contributed by atoms with Gasteiger partial charge in [0.25, 0.3) is 0 Å². The Morgan fingerprint density at radius 3 is 2.68 bits per heavy atom. The molecule has 3 aliphatic rings. The Morgan fingerprint density at radius 1 is 1.32 bits per heavy atom. The molecule has 3 saturated heterocycles. The van der Waals surface area contributed by atoms with Crippen LogP contribution >= 0.6 is 0 Å². The van der Waals surface area contributed by atoms with Gasteiger partial charge in [-0.15, -0.1) is 0 Å². The summed E-state index contributed by atoms with van der Waals surface area (Å²) in [5.41, 5.74) is -1.03. The quantitative estimate of drug-likeness (QED) is 0.375. The number of hydrogen-bond acceptors (Lipinski definition) is 6. The fraction of sp³-hybridized carbons (Fsp3) is 0.870. The van der Waals surface area contributed by atoms with Crippen molar-refractivity contribution >= 4 is 17.8 Å². The molecule has 3 fully saturated rings. The maximum atomic E-state index is 13.7. The van der Waals surface area contributed by atoms with Gasteiger partial charge in [-0.3, -0.25) is 14.4 Å². The number of hydrogen-bond donors (Lipinski definition) is 2. The average molecular weight is 439 g/mol. The third kappa shape index (κ3) is 3.97. The van der Waals surface area contributed by atoms with Crippen molar-refractivity contribution in [2.24, 2.45) is 17.8 Å². The SMILES string of the molecule is CCCCCNC(=O)[C@H]1N([C@@H](CO)[C@@H](C)CC)C(=O)[C@@H]2[C@@H](C(=O)OCC)[C@H]3CC[C@]21O3. The van der Waals surface area contributed by atoms with Gasteiger partial charge >= 0.3 is 5.97 Å². The molecule has 176 valence electrons. The van der Waals surface area contributed by atoms with E-state index in [0.717, 1.165) is 25.7 Å². The van der Waals surface area contributed by atoms with E-state index in [1.807, 2.05) is 13.8 Å². The van der Waals surface area contributed by atoms with E-state index < -0.39 is 41.6 Å². The topological polar surface area (TPSA) is 105 Å². The number of rotatable bonds is 11. The molecular weight excluding hydrogens is 400 g/mol. The van der Waals surface area contributed by atoms with Gasteiger partial charge in [0.15, 0.2) is 0 Å². The number of fused-ring (bicyclic) bond motifs is 1. The number of amides is 2. The summed E-state index contributed by atoms with van der Waals surface area (Å²) in [5, 5.41) is 13.2. The summed E-state index contributed by atoms with van der Waals surface area (Å²) in [6.45, 7) is 8.32. The molecule has 2 N–H and O–H groups in total. The monoisotopic (exact) mass is 438 g/mol. The number of aliphatic hydroxyl groups excluding tert-OH is 1. The largest absolute Gasteiger partial charge is 0.466 e. The smallest absolute Gasteiger partial charge is 0.312 e. The van der Waals surface area contributed by atoms with Crippen LogP contribution in [-0.2, 0) is 23.9 Å². The molecule has 0 aliphatic carbocycles. The minimum atomic E-state index is -1.03. The summed E-state index contributed by atoms with van der Waals surface area (Å²) < 4.78 is 11.6. The summed E-state index contributed by atoms with van der Waals surface area (Å²) in [7, 11) is 0. The standard InChI is InChI=1S/C23H38N2O6/c1-5-8-9-12-24-20(27)19-23-11-10-16(31-23)17(22(29)30-7-3)18(23)21(28)25(19)15(13-26)14(4)6-2/h14-19,26H,5-13H2,1-4H3,(H,24,27)/t14-,15-,16+,17-,18-,19+,23-/m0/s1. The van der Waals surface area contributed by atoms with Crippen LogP contribution in [0.5, 0.6) is 0 Å². The van der Waals surface area contributed by atoms with Gasteiger partial charge in [0.2, 0.25) is 11.8 Å². The van der Waals surface area contributed by atoms with Crippen LogP contribution in [0.4, 0.5) is 0 Å². The van der Waals surface area contributed by atoms with E-state index in [2.05, 4.69) is 12.2 Å². The van der Waals surface area contributed by atoms with E-state index in [4.69, 9.17) is 9.47 Å². The van der Waals surface area contributed by atoms with Crippen molar-refractivity contribution in [2.45, 2.75) is 90.0 Å². The first-order valence-corrected chi connectivity index (χ1v) is 11.9. The summed E-state index contributed by atoms with van der Waals surface area (Å²) in [5.74, 6) is -2.39. The second kappa shape index (κ2) is 9.86. The van der Waals surface area contributed by atoms with Crippen LogP contribution in [0.1, 0.15) is 66.2 Å². The minimum Gasteiger partial charge on any atom is -0.466 e. The molecule has 0 aromatic carbocycles. The molecule has 7 atom stereocenters. The van der Waals surface area contributed by atoms with Gasteiger partial charge < -0.3 is 24.8 Å². The van der Waals surface area contributed by atoms with E-state index >= 15 is 0 Å². The van der Waals surface area contributed by atoms with E-state index in [0.29, 0.717) is 19.4 Å². The van der Waals surface area contributed by atoms with Crippen molar-refractivity contribution in [2.75, 3.05) is 19.8 Å². The molecule has 3 aliphatic heterocycles. The Bertz CT molecular complexity index is 685. The first-order valence-electron chi connectivity index (χ1n) is 11.9. The predicted molar refractivity (Wildman–Crippen MR) is 114 cm³/mol. The van der Waals surface area contributed by atoms with Gasteiger partial charge in [-0.2, -0.15) is 0 Å². The first kappa shape index (κ1) is 24.0. The van der Waals surface area contributed by atoms with Crippen molar-refractivity contribution < 1.29 is 29.0 Å². The highest BCUT2D eigenvalue weighted by molar-refractivity contribution is 5.98. The Labute approximate surface area is 185 Å². The van der Waals surface area contributed by atoms with Crippen molar-refractivity contribution in [3.05, 3.63) is 0 Å². The van der Waals surface area contributed by atoms with Crippen LogP contribution in [0.2, 0.25) is 0 Å². The van der Waals surface area contributed by atoms with E-state index in [9.17, 15) is 19.5 Å². The normalized spacial score (nSPS) is 33.3. The molecule has 0 saturated carbocycles. The van der Waals surface area contributed by atoms with Crippen molar-refractivity contribution in [3.8, 4) is 0 Å². The number of unbranched alkanes of at least 4 members (excludes halogenated alkanes) is 2. The van der Waals surface area contributed by atoms with Crippen LogP contribution in [0.15, 0.2) is 0 Å². The van der Waals surface area contributed by atoms with Crippen LogP contribution in [0, 0.1) is 17.8 Å². The second-order valence-corrected chi connectivity index (χ2v) is 9.19. The third-order valence-corrected chi connectivity index (χ3v) is 7.47. The van der Waals surface area contributed by atoms with Gasteiger partial charge in [0.05, 0.1) is 37.2 Å². The molecule has 0 aromatic rings. The third-order valence-electron chi connectivity index (χ3n) is 7.47. The molecule has 3 heterocycles. The first-order chi connectivity index (χ1) is 14.9. The van der Waals surface area contributed by atoms with Crippen LogP contribution in [-0.4, -0.2) is 71.3 Å². The zero-order chi connectivity index (χ0) is 22.8. The van der Waals surface area contributed by atoms with Crippen LogP contribution in [0.25, 0.3) is 0 Å². The second-order valence-electron chi connectivity index (χ2n) is 9.19. The Kier molecular flexibility index (Phi) is 7.63.